The number of amides is 1. The predicted octanol–water partition coefficient (Wildman–Crippen LogP) is 4.00. The normalized spacial score (nSPS) is 10.7. The number of hydrogen-bond donors (Lipinski definition) is 0. The van der Waals surface area contributed by atoms with Gasteiger partial charge in [0.1, 0.15) is 5.69 Å². The maximum absolute atomic E-state index is 12.0. The summed E-state index contributed by atoms with van der Waals surface area (Å²) < 4.78 is 2.00. The van der Waals surface area contributed by atoms with Crippen LogP contribution in [0.15, 0.2) is 48.5 Å². The van der Waals surface area contributed by atoms with E-state index in [1.165, 1.54) is 11.3 Å². The van der Waals surface area contributed by atoms with Gasteiger partial charge in [0.2, 0.25) is 0 Å². The Morgan fingerprint density at radius 1 is 1.17 bits per heavy atom. The highest BCUT2D eigenvalue weighted by Gasteiger charge is 2.15. The van der Waals surface area contributed by atoms with E-state index in [9.17, 15) is 4.79 Å². The van der Waals surface area contributed by atoms with Crippen LogP contribution in [-0.2, 0) is 6.54 Å². The van der Waals surface area contributed by atoms with Crippen molar-refractivity contribution >= 4 is 17.2 Å². The molecule has 5 heteroatoms. The van der Waals surface area contributed by atoms with Crippen LogP contribution in [0.1, 0.15) is 16.6 Å². The van der Waals surface area contributed by atoms with Crippen molar-refractivity contribution in [3.8, 4) is 21.8 Å². The molecule has 1 amide bonds. The summed E-state index contributed by atoms with van der Waals surface area (Å²) in [6.45, 7) is 2.89. The van der Waals surface area contributed by atoms with E-state index < -0.39 is 0 Å². The van der Waals surface area contributed by atoms with Gasteiger partial charge in [0.25, 0.3) is 5.91 Å². The lowest BCUT2D eigenvalue weighted by Crippen LogP contribution is -2.20. The van der Waals surface area contributed by atoms with Gasteiger partial charge in [0, 0.05) is 20.6 Å². The zero-order valence-corrected chi connectivity index (χ0v) is 14.3. The molecule has 1 aromatic carbocycles. The molecule has 2 heterocycles. The molecule has 0 aliphatic rings. The van der Waals surface area contributed by atoms with Gasteiger partial charge in [-0.2, -0.15) is 5.10 Å². The Morgan fingerprint density at radius 2 is 1.91 bits per heavy atom. The number of aryl methyl sites for hydroxylation is 1. The lowest BCUT2D eigenvalue weighted by molar-refractivity contribution is 0.0832. The van der Waals surface area contributed by atoms with Gasteiger partial charge < -0.3 is 4.90 Å². The monoisotopic (exact) mass is 325 g/mol. The van der Waals surface area contributed by atoms with Crippen LogP contribution in [0.5, 0.6) is 0 Å². The number of thiophene rings is 1. The summed E-state index contributed by atoms with van der Waals surface area (Å²) >= 11 is 1.48. The first-order valence-electron chi connectivity index (χ1n) is 7.55. The first-order valence-corrected chi connectivity index (χ1v) is 8.37. The molecule has 0 radical (unpaired) electrons. The molecule has 0 fully saturated rings. The fourth-order valence-corrected chi connectivity index (χ4v) is 3.41. The van der Waals surface area contributed by atoms with Crippen molar-refractivity contribution in [2.45, 2.75) is 13.5 Å². The molecule has 2 aromatic heterocycles. The molecule has 3 aromatic rings. The third kappa shape index (κ3) is 3.05. The van der Waals surface area contributed by atoms with Gasteiger partial charge in [0.05, 0.1) is 15.4 Å². The zero-order valence-electron chi connectivity index (χ0n) is 13.5. The number of hydrogen-bond acceptors (Lipinski definition) is 3. The zero-order chi connectivity index (χ0) is 16.4. The van der Waals surface area contributed by atoms with E-state index in [4.69, 9.17) is 5.10 Å². The van der Waals surface area contributed by atoms with Crippen LogP contribution in [-0.4, -0.2) is 34.7 Å². The highest BCUT2D eigenvalue weighted by atomic mass is 32.1. The average molecular weight is 325 g/mol. The molecule has 118 valence electrons. The highest BCUT2D eigenvalue weighted by Crippen LogP contribution is 2.31. The van der Waals surface area contributed by atoms with Crippen molar-refractivity contribution in [1.82, 2.24) is 14.7 Å². The molecule has 0 aliphatic heterocycles. The van der Waals surface area contributed by atoms with E-state index in [0.29, 0.717) is 0 Å². The number of aromatic nitrogens is 2. The van der Waals surface area contributed by atoms with Crippen LogP contribution in [0, 0.1) is 0 Å². The summed E-state index contributed by atoms with van der Waals surface area (Å²) in [7, 11) is 3.53. The first-order chi connectivity index (χ1) is 11.1. The summed E-state index contributed by atoms with van der Waals surface area (Å²) in [4.78, 5) is 15.4. The molecule has 0 aliphatic carbocycles. The predicted molar refractivity (Wildman–Crippen MR) is 94.7 cm³/mol. The lowest BCUT2D eigenvalue weighted by Gasteiger charge is -2.06. The molecule has 3 rings (SSSR count). The fourth-order valence-electron chi connectivity index (χ4n) is 2.43. The lowest BCUT2D eigenvalue weighted by atomic mass is 10.1. The van der Waals surface area contributed by atoms with Gasteiger partial charge in [0.15, 0.2) is 0 Å². The SMILES string of the molecule is CCn1nc(-c2ccc(C(=O)N(C)C)s2)cc1-c1ccccc1. The molecular formula is C18H19N3OS. The molecule has 0 unspecified atom stereocenters. The molecule has 0 spiro atoms. The van der Waals surface area contributed by atoms with Gasteiger partial charge in [-0.15, -0.1) is 11.3 Å². The van der Waals surface area contributed by atoms with Crippen molar-refractivity contribution in [2.75, 3.05) is 14.1 Å². The van der Waals surface area contributed by atoms with Crippen molar-refractivity contribution in [3.63, 3.8) is 0 Å². The molecule has 0 bridgehead atoms. The molecule has 4 nitrogen and oxygen atoms in total. The second kappa shape index (κ2) is 6.38. The molecule has 0 saturated carbocycles. The largest absolute Gasteiger partial charge is 0.344 e. The van der Waals surface area contributed by atoms with Crippen molar-refractivity contribution in [2.24, 2.45) is 0 Å². The smallest absolute Gasteiger partial charge is 0.263 e. The minimum atomic E-state index is 0.0273. The van der Waals surface area contributed by atoms with Crippen LogP contribution in [0.2, 0.25) is 0 Å². The second-order valence-corrected chi connectivity index (χ2v) is 6.54. The van der Waals surface area contributed by atoms with Crippen LogP contribution in [0.3, 0.4) is 0 Å². The Balaban J connectivity index is 1.99. The van der Waals surface area contributed by atoms with Crippen LogP contribution < -0.4 is 0 Å². The van der Waals surface area contributed by atoms with E-state index in [-0.39, 0.29) is 5.91 Å². The summed E-state index contributed by atoms with van der Waals surface area (Å²) in [5.74, 6) is 0.0273. The molecule has 0 N–H and O–H groups in total. The van der Waals surface area contributed by atoms with E-state index in [0.717, 1.165) is 33.3 Å². The number of carbonyl (C=O) groups is 1. The third-order valence-electron chi connectivity index (χ3n) is 3.62. The van der Waals surface area contributed by atoms with Crippen LogP contribution in [0.4, 0.5) is 0 Å². The van der Waals surface area contributed by atoms with Gasteiger partial charge in [-0.3, -0.25) is 9.48 Å². The summed E-state index contributed by atoms with van der Waals surface area (Å²) in [6.07, 6.45) is 0. The van der Waals surface area contributed by atoms with Crippen molar-refractivity contribution < 1.29 is 4.79 Å². The summed E-state index contributed by atoms with van der Waals surface area (Å²) in [5, 5.41) is 4.70. The number of benzene rings is 1. The van der Waals surface area contributed by atoms with E-state index in [1.54, 1.807) is 19.0 Å². The minimum Gasteiger partial charge on any atom is -0.344 e. The second-order valence-electron chi connectivity index (χ2n) is 5.46. The molecule has 0 saturated heterocycles. The first kappa shape index (κ1) is 15.5. The Bertz CT molecular complexity index is 818. The number of carbonyl (C=O) groups excluding carboxylic acids is 1. The number of nitrogens with zero attached hydrogens (tertiary/aromatic N) is 3. The average Bonchev–Trinajstić information content (AvgIpc) is 3.21. The fraction of sp³-hybridized carbons (Fsp3) is 0.222. The third-order valence-corrected chi connectivity index (χ3v) is 4.72. The summed E-state index contributed by atoms with van der Waals surface area (Å²) in [5.41, 5.74) is 3.15. The minimum absolute atomic E-state index is 0.0273. The van der Waals surface area contributed by atoms with E-state index in [2.05, 4.69) is 25.1 Å². The topological polar surface area (TPSA) is 38.1 Å². The van der Waals surface area contributed by atoms with Crippen molar-refractivity contribution in [3.05, 3.63) is 53.4 Å². The highest BCUT2D eigenvalue weighted by molar-refractivity contribution is 7.17. The summed E-state index contributed by atoms with van der Waals surface area (Å²) in [6, 6.07) is 16.2. The van der Waals surface area contributed by atoms with Crippen LogP contribution >= 0.6 is 11.3 Å². The Kier molecular flexibility index (Phi) is 4.30. The maximum Gasteiger partial charge on any atom is 0.263 e. The van der Waals surface area contributed by atoms with Crippen LogP contribution in [0.25, 0.3) is 21.8 Å². The van der Waals surface area contributed by atoms with E-state index >= 15 is 0 Å². The van der Waals surface area contributed by atoms with Gasteiger partial charge in [-0.05, 0) is 30.7 Å². The Morgan fingerprint density at radius 3 is 2.57 bits per heavy atom. The van der Waals surface area contributed by atoms with Gasteiger partial charge in [-0.1, -0.05) is 30.3 Å². The standard InChI is InChI=1S/C18H19N3OS/c1-4-21-15(13-8-6-5-7-9-13)12-14(19-21)16-10-11-17(23-16)18(22)20(2)3/h5-12H,4H2,1-3H3. The van der Waals surface area contributed by atoms with Gasteiger partial charge >= 0.3 is 0 Å². The quantitative estimate of drug-likeness (QED) is 0.727. The molecular weight excluding hydrogens is 306 g/mol. The molecule has 0 atom stereocenters. The molecule has 23 heavy (non-hydrogen) atoms. The van der Waals surface area contributed by atoms with Crippen molar-refractivity contribution in [1.29, 1.82) is 0 Å². The Hall–Kier alpha value is -2.40. The van der Waals surface area contributed by atoms with Gasteiger partial charge in [-0.25, -0.2) is 0 Å². The number of rotatable bonds is 4. The Labute approximate surface area is 140 Å². The maximum atomic E-state index is 12.0. The van der Waals surface area contributed by atoms with E-state index in [1.807, 2.05) is 35.0 Å².